The molecule has 0 spiro atoms. The zero-order valence-electron chi connectivity index (χ0n) is 10.3. The van der Waals surface area contributed by atoms with Gasteiger partial charge in [0.05, 0.1) is 11.4 Å². The lowest BCUT2D eigenvalue weighted by Gasteiger charge is -2.35. The summed E-state index contributed by atoms with van der Waals surface area (Å²) in [4.78, 5) is 14.0. The van der Waals surface area contributed by atoms with Gasteiger partial charge in [-0.2, -0.15) is 0 Å². The number of hydrogen-bond donors (Lipinski definition) is 2. The molecule has 2 atom stereocenters. The highest BCUT2D eigenvalue weighted by atomic mass is 16.2. The summed E-state index contributed by atoms with van der Waals surface area (Å²) < 4.78 is 0. The summed E-state index contributed by atoms with van der Waals surface area (Å²) in [6.45, 7) is 5.22. The number of carbonyl (C=O) groups is 1. The Labute approximate surface area is 102 Å². The topological polar surface area (TPSA) is 58.4 Å². The number of anilines is 2. The summed E-state index contributed by atoms with van der Waals surface area (Å²) in [6.07, 6.45) is 0. The Hall–Kier alpha value is -1.55. The number of fused-ring (bicyclic) bond motifs is 1. The van der Waals surface area contributed by atoms with Crippen LogP contribution in [0.5, 0.6) is 0 Å². The summed E-state index contributed by atoms with van der Waals surface area (Å²) >= 11 is 0. The quantitative estimate of drug-likeness (QED) is 0.830. The predicted molar refractivity (Wildman–Crippen MR) is 70.1 cm³/mol. The van der Waals surface area contributed by atoms with Crippen molar-refractivity contribution in [3.8, 4) is 0 Å². The van der Waals surface area contributed by atoms with E-state index in [0.717, 1.165) is 11.4 Å². The molecule has 0 aliphatic carbocycles. The minimum Gasteiger partial charge on any atom is -0.372 e. The number of carbonyl (C=O) groups excluding carboxylic acids is 1. The minimum atomic E-state index is -0.171. The fourth-order valence-electron chi connectivity index (χ4n) is 2.05. The molecular weight excluding hydrogens is 214 g/mol. The summed E-state index contributed by atoms with van der Waals surface area (Å²) in [7, 11) is 0. The van der Waals surface area contributed by atoms with E-state index in [1.807, 2.05) is 36.1 Å². The molecular formula is C13H19N3O. The van der Waals surface area contributed by atoms with E-state index in [9.17, 15) is 4.79 Å². The minimum absolute atomic E-state index is 0.115. The average molecular weight is 233 g/mol. The molecule has 1 aliphatic rings. The van der Waals surface area contributed by atoms with Gasteiger partial charge in [0, 0.05) is 6.54 Å². The highest BCUT2D eigenvalue weighted by Gasteiger charge is 2.29. The van der Waals surface area contributed by atoms with Crippen molar-refractivity contribution in [1.29, 1.82) is 0 Å². The van der Waals surface area contributed by atoms with Crippen molar-refractivity contribution in [3.63, 3.8) is 0 Å². The highest BCUT2D eigenvalue weighted by molar-refractivity contribution is 6.04. The number of amides is 1. The van der Waals surface area contributed by atoms with Crippen LogP contribution >= 0.6 is 0 Å². The second kappa shape index (κ2) is 4.75. The Bertz CT molecular complexity index is 419. The number of para-hydroxylation sites is 2. The van der Waals surface area contributed by atoms with Crippen LogP contribution in [-0.4, -0.2) is 25.0 Å². The average Bonchev–Trinajstić information content (AvgIpc) is 2.34. The largest absolute Gasteiger partial charge is 0.372 e. The lowest BCUT2D eigenvalue weighted by atomic mass is 10.1. The van der Waals surface area contributed by atoms with Crippen LogP contribution in [0.1, 0.15) is 13.8 Å². The van der Waals surface area contributed by atoms with Gasteiger partial charge in [0.25, 0.3) is 0 Å². The van der Waals surface area contributed by atoms with Crippen LogP contribution in [0.3, 0.4) is 0 Å². The van der Waals surface area contributed by atoms with Crippen molar-refractivity contribution in [3.05, 3.63) is 24.3 Å². The predicted octanol–water partition coefficient (Wildman–Crippen LogP) is 1.43. The molecule has 1 heterocycles. The highest BCUT2D eigenvalue weighted by Crippen LogP contribution is 2.31. The summed E-state index contributed by atoms with van der Waals surface area (Å²) in [5.74, 6) is 0.418. The summed E-state index contributed by atoms with van der Waals surface area (Å²) in [6, 6.07) is 7.71. The van der Waals surface area contributed by atoms with Crippen LogP contribution in [0.15, 0.2) is 24.3 Å². The normalized spacial score (nSPS) is 20.8. The number of nitrogens with two attached hydrogens (primary N) is 1. The van der Waals surface area contributed by atoms with Gasteiger partial charge >= 0.3 is 0 Å². The molecule has 1 aliphatic heterocycles. The third kappa shape index (κ3) is 2.26. The fraction of sp³-hybridized carbons (Fsp3) is 0.462. The standard InChI is InChI=1S/C13H19N3O/c1-9(7-14)8-16-12-6-4-3-5-11(12)15-10(2)13(16)17/h3-6,9-10,15H,7-8,14H2,1-2H3. The van der Waals surface area contributed by atoms with Gasteiger partial charge in [-0.05, 0) is 31.5 Å². The number of nitrogens with one attached hydrogen (secondary N) is 1. The van der Waals surface area contributed by atoms with Crippen LogP contribution in [0.25, 0.3) is 0 Å². The Balaban J connectivity index is 2.32. The molecule has 1 amide bonds. The van der Waals surface area contributed by atoms with E-state index in [-0.39, 0.29) is 11.9 Å². The maximum absolute atomic E-state index is 12.2. The molecule has 17 heavy (non-hydrogen) atoms. The van der Waals surface area contributed by atoms with Gasteiger partial charge in [0.2, 0.25) is 5.91 Å². The second-order valence-electron chi connectivity index (χ2n) is 4.67. The Kier molecular flexibility index (Phi) is 3.33. The van der Waals surface area contributed by atoms with Crippen molar-refractivity contribution in [2.24, 2.45) is 11.7 Å². The molecule has 1 aromatic rings. The van der Waals surface area contributed by atoms with Gasteiger partial charge in [0.15, 0.2) is 0 Å². The molecule has 0 fully saturated rings. The molecule has 0 saturated carbocycles. The monoisotopic (exact) mass is 233 g/mol. The van der Waals surface area contributed by atoms with E-state index in [1.54, 1.807) is 0 Å². The first kappa shape index (κ1) is 11.9. The van der Waals surface area contributed by atoms with E-state index in [2.05, 4.69) is 12.2 Å². The molecule has 2 rings (SSSR count). The zero-order chi connectivity index (χ0) is 12.4. The summed E-state index contributed by atoms with van der Waals surface area (Å²) in [5, 5.41) is 3.21. The molecule has 4 heteroatoms. The first-order valence-electron chi connectivity index (χ1n) is 6.00. The summed E-state index contributed by atoms with van der Waals surface area (Å²) in [5.41, 5.74) is 7.61. The third-order valence-electron chi connectivity index (χ3n) is 3.10. The number of nitrogens with zero attached hydrogens (tertiary/aromatic N) is 1. The second-order valence-corrected chi connectivity index (χ2v) is 4.67. The van der Waals surface area contributed by atoms with E-state index >= 15 is 0 Å². The number of benzene rings is 1. The Morgan fingerprint density at radius 2 is 2.18 bits per heavy atom. The van der Waals surface area contributed by atoms with Gasteiger partial charge in [-0.25, -0.2) is 0 Å². The van der Waals surface area contributed by atoms with Crippen molar-refractivity contribution < 1.29 is 4.79 Å². The maximum atomic E-state index is 12.2. The Morgan fingerprint density at radius 3 is 2.88 bits per heavy atom. The smallest absolute Gasteiger partial charge is 0.249 e. The van der Waals surface area contributed by atoms with Crippen LogP contribution in [0, 0.1) is 5.92 Å². The maximum Gasteiger partial charge on any atom is 0.249 e. The molecule has 2 unspecified atom stereocenters. The van der Waals surface area contributed by atoms with E-state index in [0.29, 0.717) is 19.0 Å². The SMILES string of the molecule is CC(CN)CN1C(=O)C(C)Nc2ccccc21. The van der Waals surface area contributed by atoms with Crippen LogP contribution in [0.4, 0.5) is 11.4 Å². The molecule has 0 aromatic heterocycles. The van der Waals surface area contributed by atoms with E-state index < -0.39 is 0 Å². The number of hydrogen-bond acceptors (Lipinski definition) is 3. The zero-order valence-corrected chi connectivity index (χ0v) is 10.3. The Morgan fingerprint density at radius 1 is 1.47 bits per heavy atom. The lowest BCUT2D eigenvalue weighted by Crippen LogP contribution is -2.48. The van der Waals surface area contributed by atoms with Crippen LogP contribution in [-0.2, 0) is 4.79 Å². The van der Waals surface area contributed by atoms with Gasteiger partial charge in [0.1, 0.15) is 6.04 Å². The molecule has 92 valence electrons. The molecule has 0 radical (unpaired) electrons. The number of rotatable bonds is 3. The van der Waals surface area contributed by atoms with Crippen molar-refractivity contribution in [1.82, 2.24) is 0 Å². The van der Waals surface area contributed by atoms with Gasteiger partial charge in [-0.3, -0.25) is 4.79 Å². The van der Waals surface area contributed by atoms with Crippen LogP contribution in [0.2, 0.25) is 0 Å². The fourth-order valence-corrected chi connectivity index (χ4v) is 2.05. The third-order valence-corrected chi connectivity index (χ3v) is 3.10. The molecule has 1 aromatic carbocycles. The van der Waals surface area contributed by atoms with Crippen molar-refractivity contribution in [2.45, 2.75) is 19.9 Å². The molecule has 0 saturated heterocycles. The first-order chi connectivity index (χ1) is 8.13. The molecule has 0 bridgehead atoms. The van der Waals surface area contributed by atoms with Gasteiger partial charge in [-0.15, -0.1) is 0 Å². The van der Waals surface area contributed by atoms with Gasteiger partial charge < -0.3 is 16.0 Å². The molecule has 3 N–H and O–H groups in total. The van der Waals surface area contributed by atoms with E-state index in [1.165, 1.54) is 0 Å². The van der Waals surface area contributed by atoms with Gasteiger partial charge in [-0.1, -0.05) is 19.1 Å². The lowest BCUT2D eigenvalue weighted by molar-refractivity contribution is -0.119. The molecule has 4 nitrogen and oxygen atoms in total. The van der Waals surface area contributed by atoms with Crippen molar-refractivity contribution >= 4 is 17.3 Å². The van der Waals surface area contributed by atoms with Crippen molar-refractivity contribution in [2.75, 3.05) is 23.3 Å². The van der Waals surface area contributed by atoms with E-state index in [4.69, 9.17) is 5.73 Å². The van der Waals surface area contributed by atoms with Crippen LogP contribution < -0.4 is 16.0 Å². The first-order valence-corrected chi connectivity index (χ1v) is 6.00.